The van der Waals surface area contributed by atoms with E-state index in [1.165, 1.54) is 6.92 Å². The molecule has 1 aromatic carbocycles. The summed E-state index contributed by atoms with van der Waals surface area (Å²) in [5.74, 6) is -1.38. The van der Waals surface area contributed by atoms with E-state index in [4.69, 9.17) is 0 Å². The SMILES string of the molecule is Cc1nc2c(c(CC(F)(F)F)nn2[C@@H](c2ccc(C(F)(F)F)c(F)c2)C2(C)CC2)c(=O)[nH]1. The van der Waals surface area contributed by atoms with Crippen LogP contribution in [0.15, 0.2) is 23.0 Å². The lowest BCUT2D eigenvalue weighted by Gasteiger charge is -2.25. The molecule has 1 atom stereocenters. The summed E-state index contributed by atoms with van der Waals surface area (Å²) in [7, 11) is 0. The highest BCUT2D eigenvalue weighted by Crippen LogP contribution is 2.56. The Hall–Kier alpha value is -2.92. The number of benzene rings is 1. The van der Waals surface area contributed by atoms with Gasteiger partial charge in [-0.25, -0.2) is 14.1 Å². The first kappa shape index (κ1) is 22.3. The van der Waals surface area contributed by atoms with E-state index in [2.05, 4.69) is 15.1 Å². The molecule has 1 saturated carbocycles. The van der Waals surface area contributed by atoms with Crippen LogP contribution in [0.25, 0.3) is 11.0 Å². The summed E-state index contributed by atoms with van der Waals surface area (Å²) in [5, 5.41) is 3.68. The van der Waals surface area contributed by atoms with Gasteiger partial charge in [0.15, 0.2) is 5.65 Å². The molecular weight excluding hydrogens is 445 g/mol. The van der Waals surface area contributed by atoms with Gasteiger partial charge < -0.3 is 4.98 Å². The number of aromatic amines is 1. The first-order chi connectivity index (χ1) is 14.7. The summed E-state index contributed by atoms with van der Waals surface area (Å²) in [4.78, 5) is 19.0. The first-order valence-corrected chi connectivity index (χ1v) is 9.61. The van der Waals surface area contributed by atoms with Crippen molar-refractivity contribution in [2.45, 2.75) is 51.5 Å². The standard InChI is InChI=1S/C20H17F7N4O/c1-9-28-16-14(17(32)29-9)13(8-19(22,23)24)30-31(16)15(18(2)5-6-18)10-3-4-11(12(21)7-10)20(25,26)27/h3-4,7,15H,5-6,8H2,1-2H3,(H,28,29,32)/t15-/m0/s1. The van der Waals surface area contributed by atoms with E-state index in [0.29, 0.717) is 25.0 Å². The van der Waals surface area contributed by atoms with Gasteiger partial charge in [0.05, 0.1) is 23.7 Å². The van der Waals surface area contributed by atoms with Crippen molar-refractivity contribution in [3.8, 4) is 0 Å². The van der Waals surface area contributed by atoms with Crippen LogP contribution in [-0.2, 0) is 12.6 Å². The van der Waals surface area contributed by atoms with Crippen LogP contribution in [0.5, 0.6) is 0 Å². The maximum Gasteiger partial charge on any atom is 0.419 e. The Morgan fingerprint density at radius 2 is 1.84 bits per heavy atom. The second kappa shape index (κ2) is 7.04. The zero-order valence-corrected chi connectivity index (χ0v) is 16.8. The molecule has 2 aromatic heterocycles. The number of nitrogens with zero attached hydrogens (tertiary/aromatic N) is 3. The van der Waals surface area contributed by atoms with Crippen molar-refractivity contribution in [1.29, 1.82) is 0 Å². The minimum absolute atomic E-state index is 0.0955. The quantitative estimate of drug-likeness (QED) is 0.550. The third-order valence-corrected chi connectivity index (χ3v) is 5.68. The van der Waals surface area contributed by atoms with Gasteiger partial charge in [0, 0.05) is 0 Å². The monoisotopic (exact) mass is 462 g/mol. The molecule has 1 aliphatic carbocycles. The van der Waals surface area contributed by atoms with Gasteiger partial charge in [0.25, 0.3) is 5.56 Å². The van der Waals surface area contributed by atoms with Crippen LogP contribution in [0.3, 0.4) is 0 Å². The molecule has 0 radical (unpaired) electrons. The number of fused-ring (bicyclic) bond motifs is 1. The topological polar surface area (TPSA) is 63.6 Å². The minimum Gasteiger partial charge on any atom is -0.310 e. The molecule has 0 spiro atoms. The van der Waals surface area contributed by atoms with Gasteiger partial charge >= 0.3 is 12.4 Å². The molecule has 4 rings (SSSR count). The number of aryl methyl sites for hydroxylation is 1. The van der Waals surface area contributed by atoms with Gasteiger partial charge in [-0.15, -0.1) is 0 Å². The van der Waals surface area contributed by atoms with Crippen LogP contribution < -0.4 is 5.56 Å². The van der Waals surface area contributed by atoms with Crippen molar-refractivity contribution in [3.63, 3.8) is 0 Å². The van der Waals surface area contributed by atoms with Crippen LogP contribution in [0.1, 0.15) is 48.5 Å². The predicted octanol–water partition coefficient (Wildman–Crippen LogP) is 5.08. The Kier molecular flexibility index (Phi) is 4.90. The fourth-order valence-electron chi connectivity index (χ4n) is 3.96. The van der Waals surface area contributed by atoms with Gasteiger partial charge in [-0.3, -0.25) is 4.79 Å². The third-order valence-electron chi connectivity index (χ3n) is 5.68. The lowest BCUT2D eigenvalue weighted by molar-refractivity contribution is -0.140. The highest BCUT2D eigenvalue weighted by molar-refractivity contribution is 5.77. The third kappa shape index (κ3) is 3.97. The molecule has 32 heavy (non-hydrogen) atoms. The molecule has 1 aliphatic rings. The molecule has 3 aromatic rings. The molecule has 172 valence electrons. The van der Waals surface area contributed by atoms with Crippen LogP contribution in [-0.4, -0.2) is 25.9 Å². The minimum atomic E-state index is -4.90. The van der Waals surface area contributed by atoms with Gasteiger partial charge in [0.1, 0.15) is 17.0 Å². The second-order valence-corrected chi connectivity index (χ2v) is 8.33. The van der Waals surface area contributed by atoms with E-state index in [-0.39, 0.29) is 22.4 Å². The Bertz CT molecular complexity index is 1250. The number of rotatable bonds is 4. The van der Waals surface area contributed by atoms with Crippen LogP contribution >= 0.6 is 0 Å². The predicted molar refractivity (Wildman–Crippen MR) is 99.5 cm³/mol. The van der Waals surface area contributed by atoms with Gasteiger partial charge in [-0.05, 0) is 42.9 Å². The van der Waals surface area contributed by atoms with Gasteiger partial charge in [0.2, 0.25) is 0 Å². The van der Waals surface area contributed by atoms with Gasteiger partial charge in [-0.1, -0.05) is 13.0 Å². The number of aromatic nitrogens is 4. The molecule has 1 fully saturated rings. The molecule has 1 N–H and O–H groups in total. The molecule has 2 heterocycles. The van der Waals surface area contributed by atoms with E-state index >= 15 is 0 Å². The average molecular weight is 462 g/mol. The van der Waals surface area contributed by atoms with Crippen LogP contribution in [0, 0.1) is 18.2 Å². The summed E-state index contributed by atoms with van der Waals surface area (Å²) >= 11 is 0. The van der Waals surface area contributed by atoms with E-state index in [0.717, 1.165) is 10.7 Å². The Labute approximate surface area is 176 Å². The smallest absolute Gasteiger partial charge is 0.310 e. The van der Waals surface area contributed by atoms with Crippen molar-refractivity contribution in [2.24, 2.45) is 5.41 Å². The molecule has 0 amide bonds. The normalized spacial score (nSPS) is 17.0. The maximum absolute atomic E-state index is 14.3. The fraction of sp³-hybridized carbons (Fsp3) is 0.450. The highest BCUT2D eigenvalue weighted by Gasteiger charge is 2.49. The summed E-state index contributed by atoms with van der Waals surface area (Å²) in [6.45, 7) is 3.21. The Balaban J connectivity index is 1.96. The molecule has 12 heteroatoms. The van der Waals surface area contributed by atoms with E-state index < -0.39 is 52.9 Å². The molecule has 0 aliphatic heterocycles. The van der Waals surface area contributed by atoms with Crippen molar-refractivity contribution >= 4 is 11.0 Å². The van der Waals surface area contributed by atoms with Crippen molar-refractivity contribution in [3.05, 3.63) is 57.0 Å². The lowest BCUT2D eigenvalue weighted by Crippen LogP contribution is -2.23. The average Bonchev–Trinajstić information content (AvgIpc) is 3.26. The van der Waals surface area contributed by atoms with Crippen LogP contribution in [0.4, 0.5) is 30.7 Å². The van der Waals surface area contributed by atoms with Crippen LogP contribution in [0.2, 0.25) is 0 Å². The van der Waals surface area contributed by atoms with E-state index in [1.807, 2.05) is 0 Å². The van der Waals surface area contributed by atoms with E-state index in [9.17, 15) is 35.5 Å². The summed E-state index contributed by atoms with van der Waals surface area (Å²) in [5.41, 5.74) is -3.46. The zero-order valence-electron chi connectivity index (χ0n) is 16.8. The Morgan fingerprint density at radius 1 is 1.19 bits per heavy atom. The molecule has 0 unspecified atom stereocenters. The van der Waals surface area contributed by atoms with E-state index in [1.54, 1.807) is 6.92 Å². The Morgan fingerprint density at radius 3 is 2.38 bits per heavy atom. The molecule has 5 nitrogen and oxygen atoms in total. The summed E-state index contributed by atoms with van der Waals surface area (Å²) < 4.78 is 93.8. The second-order valence-electron chi connectivity index (χ2n) is 8.33. The van der Waals surface area contributed by atoms with Crippen molar-refractivity contribution in [2.75, 3.05) is 0 Å². The summed E-state index contributed by atoms with van der Waals surface area (Å²) in [6.07, 6.45) is -9.89. The molecule has 0 bridgehead atoms. The number of halogens is 7. The molecular formula is C20H17F7N4O. The number of H-pyrrole nitrogens is 1. The van der Waals surface area contributed by atoms with Gasteiger partial charge in [-0.2, -0.15) is 31.4 Å². The van der Waals surface area contributed by atoms with Crippen molar-refractivity contribution in [1.82, 2.24) is 19.7 Å². The lowest BCUT2D eigenvalue weighted by atomic mass is 9.91. The van der Waals surface area contributed by atoms with Crippen molar-refractivity contribution < 1.29 is 30.7 Å². The zero-order chi connectivity index (χ0) is 23.6. The fourth-order valence-corrected chi connectivity index (χ4v) is 3.96. The first-order valence-electron chi connectivity index (χ1n) is 9.61. The number of nitrogens with one attached hydrogen (secondary N) is 1. The largest absolute Gasteiger partial charge is 0.419 e. The number of hydrogen-bond donors (Lipinski definition) is 1. The highest BCUT2D eigenvalue weighted by atomic mass is 19.4. The summed E-state index contributed by atoms with van der Waals surface area (Å²) in [6, 6.07) is 1.47. The maximum atomic E-state index is 14.3. The number of alkyl halides is 6. The number of hydrogen-bond acceptors (Lipinski definition) is 3. The molecule has 0 saturated heterocycles.